The van der Waals surface area contributed by atoms with Gasteiger partial charge in [-0.05, 0) is 32.8 Å². The van der Waals surface area contributed by atoms with E-state index in [1.54, 1.807) is 0 Å². The molecule has 23 heavy (non-hydrogen) atoms. The average Bonchev–Trinajstić information content (AvgIpc) is 3.13. The lowest BCUT2D eigenvalue weighted by Crippen LogP contribution is -2.56. The van der Waals surface area contributed by atoms with Gasteiger partial charge in [-0.25, -0.2) is 0 Å². The average molecular weight is 323 g/mol. The summed E-state index contributed by atoms with van der Waals surface area (Å²) in [6.45, 7) is 19.5. The molecule has 2 heteroatoms. The maximum Gasteiger partial charge on any atom is 0.0934 e. The summed E-state index contributed by atoms with van der Waals surface area (Å²) in [5, 5.41) is 0. The van der Waals surface area contributed by atoms with Crippen molar-refractivity contribution >= 4 is 0 Å². The second kappa shape index (κ2) is 8.16. The zero-order chi connectivity index (χ0) is 16.8. The summed E-state index contributed by atoms with van der Waals surface area (Å²) < 4.78 is 2.67. The van der Waals surface area contributed by atoms with E-state index in [1.165, 1.54) is 99.7 Å². The molecular weight excluding hydrogens is 280 g/mol. The van der Waals surface area contributed by atoms with Crippen LogP contribution in [0.4, 0.5) is 0 Å². The van der Waals surface area contributed by atoms with Crippen LogP contribution in [0.5, 0.6) is 0 Å². The Morgan fingerprint density at radius 1 is 0.870 bits per heavy atom. The molecule has 0 aromatic rings. The normalized spacial score (nSPS) is 23.8. The predicted octanol–water partition coefficient (Wildman–Crippen LogP) is 4.96. The summed E-state index contributed by atoms with van der Waals surface area (Å²) in [5.41, 5.74) is 0.445. The summed E-state index contributed by atoms with van der Waals surface area (Å²) in [5.74, 6) is 0. The standard InChI is InChI=1S/C21H42N2/c1-5-7-13-22(15-9-10-16-22)19-21(3,4)20-23(14-8-6-2)17-11-12-18-23/h7,13H,5-6,8-12,14-20H2,1-4H3/q+2/b13-7-. The molecule has 2 aliphatic rings. The van der Waals surface area contributed by atoms with E-state index in [0.717, 1.165) is 0 Å². The van der Waals surface area contributed by atoms with Gasteiger partial charge >= 0.3 is 0 Å². The molecule has 0 atom stereocenters. The monoisotopic (exact) mass is 322 g/mol. The third-order valence-electron chi connectivity index (χ3n) is 6.12. The number of unbranched alkanes of at least 4 members (excludes halogenated alkanes) is 1. The lowest BCUT2D eigenvalue weighted by atomic mass is 9.89. The Bertz CT molecular complexity index is 371. The molecule has 0 radical (unpaired) electrons. The van der Waals surface area contributed by atoms with E-state index in [-0.39, 0.29) is 0 Å². The number of allylic oxidation sites excluding steroid dienone is 1. The molecule has 2 rings (SSSR count). The second-order valence-electron chi connectivity index (χ2n) is 9.22. The van der Waals surface area contributed by atoms with Gasteiger partial charge in [0.25, 0.3) is 0 Å². The highest BCUT2D eigenvalue weighted by molar-refractivity contribution is 4.79. The van der Waals surface area contributed by atoms with Gasteiger partial charge in [-0.15, -0.1) is 0 Å². The van der Waals surface area contributed by atoms with Gasteiger partial charge in [0.2, 0.25) is 0 Å². The van der Waals surface area contributed by atoms with Crippen LogP contribution >= 0.6 is 0 Å². The van der Waals surface area contributed by atoms with Crippen LogP contribution in [0.1, 0.15) is 72.6 Å². The molecule has 0 unspecified atom stereocenters. The summed E-state index contributed by atoms with van der Waals surface area (Å²) >= 11 is 0. The largest absolute Gasteiger partial charge is 0.323 e. The van der Waals surface area contributed by atoms with Gasteiger partial charge in [0.15, 0.2) is 0 Å². The van der Waals surface area contributed by atoms with Crippen LogP contribution in [0.2, 0.25) is 0 Å². The van der Waals surface area contributed by atoms with E-state index >= 15 is 0 Å². The smallest absolute Gasteiger partial charge is 0.0934 e. The van der Waals surface area contributed by atoms with E-state index in [9.17, 15) is 0 Å². The van der Waals surface area contributed by atoms with Crippen molar-refractivity contribution in [1.29, 1.82) is 0 Å². The van der Waals surface area contributed by atoms with Crippen molar-refractivity contribution in [3.63, 3.8) is 0 Å². The van der Waals surface area contributed by atoms with Crippen LogP contribution in [-0.2, 0) is 0 Å². The van der Waals surface area contributed by atoms with Crippen molar-refractivity contribution in [1.82, 2.24) is 0 Å². The molecule has 2 nitrogen and oxygen atoms in total. The summed E-state index contributed by atoms with van der Waals surface area (Å²) in [7, 11) is 0. The number of hydrogen-bond donors (Lipinski definition) is 0. The second-order valence-corrected chi connectivity index (χ2v) is 9.22. The van der Waals surface area contributed by atoms with Crippen LogP contribution in [0.3, 0.4) is 0 Å². The first kappa shape index (κ1) is 19.0. The van der Waals surface area contributed by atoms with E-state index in [4.69, 9.17) is 0 Å². The molecule has 0 aromatic carbocycles. The number of nitrogens with zero attached hydrogens (tertiary/aromatic N) is 2. The van der Waals surface area contributed by atoms with Gasteiger partial charge in [-0.2, -0.15) is 0 Å². The molecule has 0 aliphatic carbocycles. The Morgan fingerprint density at radius 3 is 2.04 bits per heavy atom. The van der Waals surface area contributed by atoms with Gasteiger partial charge in [-0.1, -0.05) is 20.3 Å². The fourth-order valence-corrected chi connectivity index (χ4v) is 5.43. The summed E-state index contributed by atoms with van der Waals surface area (Å²) in [6, 6.07) is 0. The molecule has 2 saturated heterocycles. The number of rotatable bonds is 9. The first-order valence-electron chi connectivity index (χ1n) is 10.3. The fraction of sp³-hybridized carbons (Fsp3) is 0.905. The number of hydrogen-bond acceptors (Lipinski definition) is 0. The highest BCUT2D eigenvalue weighted by Gasteiger charge is 2.43. The Labute approximate surface area is 145 Å². The maximum atomic E-state index is 2.55. The molecule has 0 N–H and O–H groups in total. The quantitative estimate of drug-likeness (QED) is 0.526. The topological polar surface area (TPSA) is 0 Å². The van der Waals surface area contributed by atoms with E-state index in [0.29, 0.717) is 5.41 Å². The lowest BCUT2D eigenvalue weighted by Gasteiger charge is -2.44. The molecular formula is C21H42N2+2. The minimum absolute atomic E-state index is 0.445. The summed E-state index contributed by atoms with van der Waals surface area (Å²) in [6.07, 6.45) is 14.6. The molecule has 0 aromatic heterocycles. The van der Waals surface area contributed by atoms with Gasteiger partial charge in [-0.3, -0.25) is 4.48 Å². The first-order valence-corrected chi connectivity index (χ1v) is 10.3. The summed E-state index contributed by atoms with van der Waals surface area (Å²) in [4.78, 5) is 0. The number of likely N-dealkylation sites (tertiary alicyclic amines) is 2. The van der Waals surface area contributed by atoms with Crippen molar-refractivity contribution in [2.45, 2.75) is 72.6 Å². The van der Waals surface area contributed by atoms with Crippen molar-refractivity contribution < 1.29 is 8.97 Å². The third kappa shape index (κ3) is 5.32. The van der Waals surface area contributed by atoms with Crippen LogP contribution in [0, 0.1) is 5.41 Å². The van der Waals surface area contributed by atoms with Crippen LogP contribution < -0.4 is 0 Å². The Balaban J connectivity index is 2.05. The van der Waals surface area contributed by atoms with Gasteiger partial charge in [0, 0.05) is 25.7 Å². The highest BCUT2D eigenvalue weighted by Crippen LogP contribution is 2.33. The number of quaternary nitrogens is 2. The van der Waals surface area contributed by atoms with Crippen molar-refractivity contribution in [3.05, 3.63) is 12.3 Å². The van der Waals surface area contributed by atoms with Gasteiger partial charge in [0.05, 0.1) is 57.4 Å². The van der Waals surface area contributed by atoms with Crippen molar-refractivity contribution in [2.75, 3.05) is 45.8 Å². The molecule has 2 fully saturated rings. The predicted molar refractivity (Wildman–Crippen MR) is 101 cm³/mol. The van der Waals surface area contributed by atoms with Crippen LogP contribution in [-0.4, -0.2) is 54.8 Å². The Kier molecular flexibility index (Phi) is 6.74. The Morgan fingerprint density at radius 2 is 1.48 bits per heavy atom. The fourth-order valence-electron chi connectivity index (χ4n) is 5.43. The minimum Gasteiger partial charge on any atom is -0.323 e. The zero-order valence-electron chi connectivity index (χ0n) is 16.4. The van der Waals surface area contributed by atoms with E-state index < -0.39 is 0 Å². The maximum absolute atomic E-state index is 2.55. The first-order chi connectivity index (χ1) is 10.9. The molecule has 2 heterocycles. The van der Waals surface area contributed by atoms with E-state index in [2.05, 4.69) is 40.0 Å². The highest BCUT2D eigenvalue weighted by atomic mass is 15.4. The van der Waals surface area contributed by atoms with Gasteiger partial charge < -0.3 is 4.48 Å². The molecule has 0 amide bonds. The molecule has 0 saturated carbocycles. The van der Waals surface area contributed by atoms with Crippen LogP contribution in [0.25, 0.3) is 0 Å². The van der Waals surface area contributed by atoms with Crippen molar-refractivity contribution in [2.24, 2.45) is 5.41 Å². The zero-order valence-corrected chi connectivity index (χ0v) is 16.4. The SMILES string of the molecule is CC/C=C\[N+]1(CC(C)(C)C[N+]2(CCCC)CCCC2)CCCC1. The van der Waals surface area contributed by atoms with E-state index in [1.807, 2.05) is 0 Å². The third-order valence-corrected chi connectivity index (χ3v) is 6.12. The Hall–Kier alpha value is -0.340. The van der Waals surface area contributed by atoms with Gasteiger partial charge in [0.1, 0.15) is 0 Å². The molecule has 2 aliphatic heterocycles. The molecule has 0 spiro atoms. The molecule has 0 bridgehead atoms. The van der Waals surface area contributed by atoms with Crippen LogP contribution in [0.15, 0.2) is 12.3 Å². The lowest BCUT2D eigenvalue weighted by molar-refractivity contribution is -0.932. The van der Waals surface area contributed by atoms with Crippen molar-refractivity contribution in [3.8, 4) is 0 Å². The molecule has 134 valence electrons. The minimum atomic E-state index is 0.445.